The minimum atomic E-state index is -0.217. The van der Waals surface area contributed by atoms with Gasteiger partial charge in [-0.1, -0.05) is 6.07 Å². The summed E-state index contributed by atoms with van der Waals surface area (Å²) < 4.78 is 13.5. The third-order valence-corrected chi connectivity index (χ3v) is 4.70. The lowest BCUT2D eigenvalue weighted by Gasteiger charge is -2.35. The van der Waals surface area contributed by atoms with Gasteiger partial charge in [0.05, 0.1) is 11.6 Å². The Kier molecular flexibility index (Phi) is 5.11. The number of hydrogen-bond donors (Lipinski definition) is 1. The number of rotatable bonds is 4. The van der Waals surface area contributed by atoms with E-state index >= 15 is 0 Å². The molecule has 0 bridgehead atoms. The van der Waals surface area contributed by atoms with Crippen molar-refractivity contribution < 1.29 is 9.18 Å². The summed E-state index contributed by atoms with van der Waals surface area (Å²) in [6, 6.07) is 13.9. The Hall–Kier alpha value is -2.71. The van der Waals surface area contributed by atoms with Crippen LogP contribution in [0, 0.1) is 17.1 Å². The maximum absolute atomic E-state index is 13.5. The van der Waals surface area contributed by atoms with Crippen molar-refractivity contribution in [2.75, 3.05) is 18.4 Å². The molecule has 0 fully saturated rings. The molecule has 4 nitrogen and oxygen atoms in total. The van der Waals surface area contributed by atoms with Crippen molar-refractivity contribution in [3.63, 3.8) is 0 Å². The lowest BCUT2D eigenvalue weighted by atomic mass is 9.93. The van der Waals surface area contributed by atoms with Crippen LogP contribution in [0.4, 0.5) is 10.1 Å². The van der Waals surface area contributed by atoms with E-state index < -0.39 is 0 Å². The van der Waals surface area contributed by atoms with E-state index in [1.165, 1.54) is 11.6 Å². The highest BCUT2D eigenvalue weighted by Gasteiger charge is 2.24. The SMILES string of the molecule is CC1c2cc(F)ccc2CCN1CCC(=O)Nc1ccc(C#N)cc1. The van der Waals surface area contributed by atoms with E-state index in [2.05, 4.69) is 17.1 Å². The van der Waals surface area contributed by atoms with Gasteiger partial charge in [0.2, 0.25) is 5.91 Å². The summed E-state index contributed by atoms with van der Waals surface area (Å²) in [5, 5.41) is 11.6. The van der Waals surface area contributed by atoms with E-state index in [0.717, 1.165) is 18.5 Å². The molecular weight excluding hydrogens is 317 g/mol. The van der Waals surface area contributed by atoms with E-state index in [4.69, 9.17) is 5.26 Å². The highest BCUT2D eigenvalue weighted by atomic mass is 19.1. The molecule has 1 amide bonds. The molecule has 0 saturated heterocycles. The Labute approximate surface area is 146 Å². The van der Waals surface area contributed by atoms with Crippen LogP contribution in [0.3, 0.4) is 0 Å². The average Bonchev–Trinajstić information content (AvgIpc) is 2.62. The van der Waals surface area contributed by atoms with Crippen LogP contribution in [0.15, 0.2) is 42.5 Å². The molecule has 2 aromatic rings. The average molecular weight is 337 g/mol. The first kappa shape index (κ1) is 17.1. The summed E-state index contributed by atoms with van der Waals surface area (Å²) in [6.07, 6.45) is 1.24. The van der Waals surface area contributed by atoms with E-state index in [1.807, 2.05) is 12.1 Å². The van der Waals surface area contributed by atoms with Crippen molar-refractivity contribution in [3.8, 4) is 6.07 Å². The van der Waals surface area contributed by atoms with Crippen molar-refractivity contribution in [3.05, 3.63) is 65.0 Å². The molecule has 2 aromatic carbocycles. The highest BCUT2D eigenvalue weighted by molar-refractivity contribution is 5.90. The number of amides is 1. The summed E-state index contributed by atoms with van der Waals surface area (Å²) in [7, 11) is 0. The summed E-state index contributed by atoms with van der Waals surface area (Å²) in [5.74, 6) is -0.284. The maximum Gasteiger partial charge on any atom is 0.225 e. The highest BCUT2D eigenvalue weighted by Crippen LogP contribution is 2.29. The van der Waals surface area contributed by atoms with Crippen LogP contribution in [0.1, 0.15) is 36.1 Å². The van der Waals surface area contributed by atoms with Crippen LogP contribution in [-0.4, -0.2) is 23.9 Å². The zero-order valence-corrected chi connectivity index (χ0v) is 14.1. The van der Waals surface area contributed by atoms with E-state index in [9.17, 15) is 9.18 Å². The van der Waals surface area contributed by atoms with Crippen molar-refractivity contribution >= 4 is 11.6 Å². The molecule has 5 heteroatoms. The number of carbonyl (C=O) groups excluding carboxylic acids is 1. The first-order valence-electron chi connectivity index (χ1n) is 8.39. The third kappa shape index (κ3) is 4.04. The summed E-state index contributed by atoms with van der Waals surface area (Å²) in [4.78, 5) is 14.4. The molecule has 1 atom stereocenters. The number of nitrogens with zero attached hydrogens (tertiary/aromatic N) is 2. The molecule has 0 aromatic heterocycles. The second kappa shape index (κ2) is 7.45. The van der Waals surface area contributed by atoms with Gasteiger partial charge >= 0.3 is 0 Å². The van der Waals surface area contributed by atoms with Gasteiger partial charge < -0.3 is 5.32 Å². The molecule has 1 unspecified atom stereocenters. The van der Waals surface area contributed by atoms with Crippen LogP contribution in [0.5, 0.6) is 0 Å². The number of carbonyl (C=O) groups is 1. The number of nitriles is 1. The molecular formula is C20H20FN3O. The summed E-state index contributed by atoms with van der Waals surface area (Å²) in [6.45, 7) is 3.54. The van der Waals surface area contributed by atoms with Gasteiger partial charge in [-0.15, -0.1) is 0 Å². The molecule has 3 rings (SSSR count). The predicted molar refractivity (Wildman–Crippen MR) is 94.5 cm³/mol. The van der Waals surface area contributed by atoms with Gasteiger partial charge in [0.1, 0.15) is 5.82 Å². The van der Waals surface area contributed by atoms with Gasteiger partial charge in [0.25, 0.3) is 0 Å². The van der Waals surface area contributed by atoms with Crippen molar-refractivity contribution in [2.24, 2.45) is 0 Å². The molecule has 0 aliphatic carbocycles. The van der Waals surface area contributed by atoms with Crippen LogP contribution in [0.25, 0.3) is 0 Å². The monoisotopic (exact) mass is 337 g/mol. The Morgan fingerprint density at radius 2 is 2.08 bits per heavy atom. The van der Waals surface area contributed by atoms with Crippen LogP contribution in [0.2, 0.25) is 0 Å². The Balaban J connectivity index is 1.56. The number of fused-ring (bicyclic) bond motifs is 1. The van der Waals surface area contributed by atoms with Crippen molar-refractivity contribution in [2.45, 2.75) is 25.8 Å². The smallest absolute Gasteiger partial charge is 0.225 e. The van der Waals surface area contributed by atoms with Gasteiger partial charge in [-0.05, 0) is 60.9 Å². The van der Waals surface area contributed by atoms with Crippen molar-refractivity contribution in [1.29, 1.82) is 5.26 Å². The third-order valence-electron chi connectivity index (χ3n) is 4.70. The number of halogens is 1. The number of benzene rings is 2. The molecule has 0 saturated carbocycles. The van der Waals surface area contributed by atoms with Crippen LogP contribution in [-0.2, 0) is 11.2 Å². The zero-order valence-electron chi connectivity index (χ0n) is 14.1. The normalized spacial score (nSPS) is 16.8. The quantitative estimate of drug-likeness (QED) is 0.926. The minimum absolute atomic E-state index is 0.0676. The van der Waals surface area contributed by atoms with Gasteiger partial charge in [-0.25, -0.2) is 4.39 Å². The van der Waals surface area contributed by atoms with Gasteiger partial charge in [0, 0.05) is 31.2 Å². The molecule has 1 heterocycles. The van der Waals surface area contributed by atoms with Gasteiger partial charge in [0.15, 0.2) is 0 Å². The lowest BCUT2D eigenvalue weighted by Crippen LogP contribution is -2.36. The van der Waals surface area contributed by atoms with E-state index in [0.29, 0.717) is 24.2 Å². The number of nitrogens with one attached hydrogen (secondary N) is 1. The van der Waals surface area contributed by atoms with E-state index in [1.54, 1.807) is 30.3 Å². The maximum atomic E-state index is 13.5. The lowest BCUT2D eigenvalue weighted by molar-refractivity contribution is -0.116. The first-order chi connectivity index (χ1) is 12.1. The van der Waals surface area contributed by atoms with Gasteiger partial charge in [-0.2, -0.15) is 5.26 Å². The second-order valence-corrected chi connectivity index (χ2v) is 6.29. The van der Waals surface area contributed by atoms with Crippen LogP contribution >= 0.6 is 0 Å². The predicted octanol–water partition coefficient (Wildman–Crippen LogP) is 3.65. The molecule has 128 valence electrons. The second-order valence-electron chi connectivity index (χ2n) is 6.29. The Bertz CT molecular complexity index is 811. The van der Waals surface area contributed by atoms with Gasteiger partial charge in [-0.3, -0.25) is 9.69 Å². The Morgan fingerprint density at radius 3 is 2.80 bits per heavy atom. The standard InChI is InChI=1S/C20H20FN3O/c1-14-19-12-17(21)5-4-16(19)8-10-24(14)11-9-20(25)23-18-6-2-15(13-22)3-7-18/h2-7,12,14H,8-11H2,1H3,(H,23,25). The van der Waals surface area contributed by atoms with Crippen LogP contribution < -0.4 is 5.32 Å². The molecule has 0 radical (unpaired) electrons. The number of hydrogen-bond acceptors (Lipinski definition) is 3. The number of anilines is 1. The topological polar surface area (TPSA) is 56.1 Å². The molecule has 1 N–H and O–H groups in total. The first-order valence-corrected chi connectivity index (χ1v) is 8.39. The molecule has 1 aliphatic rings. The zero-order chi connectivity index (χ0) is 17.8. The minimum Gasteiger partial charge on any atom is -0.326 e. The molecule has 25 heavy (non-hydrogen) atoms. The fraction of sp³-hybridized carbons (Fsp3) is 0.300. The fourth-order valence-electron chi connectivity index (χ4n) is 3.24. The summed E-state index contributed by atoms with van der Waals surface area (Å²) >= 11 is 0. The van der Waals surface area contributed by atoms with Crippen molar-refractivity contribution in [1.82, 2.24) is 4.90 Å². The largest absolute Gasteiger partial charge is 0.326 e. The molecule has 0 spiro atoms. The Morgan fingerprint density at radius 1 is 1.32 bits per heavy atom. The molecule has 1 aliphatic heterocycles. The van der Waals surface area contributed by atoms with E-state index in [-0.39, 0.29) is 17.8 Å². The summed E-state index contributed by atoms with van der Waals surface area (Å²) in [5.41, 5.74) is 3.44. The fourth-order valence-corrected chi connectivity index (χ4v) is 3.24.